The van der Waals surface area contributed by atoms with E-state index < -0.39 is 0 Å². The summed E-state index contributed by atoms with van der Waals surface area (Å²) in [6, 6.07) is 10.9. The number of hydrogen-bond donors (Lipinski definition) is 0. The van der Waals surface area contributed by atoms with Gasteiger partial charge in [0.05, 0.1) is 28.4 Å². The molecule has 3 rings (SSSR count). The van der Waals surface area contributed by atoms with E-state index >= 15 is 0 Å². The second kappa shape index (κ2) is 11.4. The van der Waals surface area contributed by atoms with E-state index in [-0.39, 0.29) is 11.8 Å². The lowest BCUT2D eigenvalue weighted by molar-refractivity contribution is -0.131. The van der Waals surface area contributed by atoms with Crippen LogP contribution in [0, 0.1) is 0 Å². The van der Waals surface area contributed by atoms with Gasteiger partial charge in [-0.25, -0.2) is 0 Å². The number of benzene rings is 2. The average molecular weight is 457 g/mol. The molecule has 2 amide bonds. The van der Waals surface area contributed by atoms with Crippen LogP contribution in [0.25, 0.3) is 0 Å². The molecule has 0 spiro atoms. The molecule has 8 nitrogen and oxygen atoms in total. The molecular formula is C25H32N2O6. The topological polar surface area (TPSA) is 77.5 Å². The quantitative estimate of drug-likeness (QED) is 0.608. The molecule has 1 saturated heterocycles. The van der Waals surface area contributed by atoms with Crippen molar-refractivity contribution in [2.24, 2.45) is 0 Å². The van der Waals surface area contributed by atoms with Gasteiger partial charge in [-0.2, -0.15) is 0 Å². The maximum absolute atomic E-state index is 13.0. The van der Waals surface area contributed by atoms with E-state index in [1.54, 1.807) is 51.5 Å². The first-order chi connectivity index (χ1) is 16.0. The summed E-state index contributed by atoms with van der Waals surface area (Å²) in [5.74, 6) is 2.43. The van der Waals surface area contributed by atoms with E-state index in [0.717, 1.165) is 12.0 Å². The van der Waals surface area contributed by atoms with Crippen molar-refractivity contribution in [2.45, 2.75) is 19.3 Å². The van der Waals surface area contributed by atoms with E-state index in [4.69, 9.17) is 18.9 Å². The Hall–Kier alpha value is -3.42. The Labute approximate surface area is 195 Å². The number of nitrogens with zero attached hydrogens (tertiary/aromatic N) is 2. The normalized spacial score (nSPS) is 13.8. The zero-order valence-corrected chi connectivity index (χ0v) is 19.8. The van der Waals surface area contributed by atoms with E-state index in [9.17, 15) is 9.59 Å². The van der Waals surface area contributed by atoms with Gasteiger partial charge in [0, 0.05) is 38.2 Å². The number of ether oxygens (including phenoxy) is 4. The highest BCUT2D eigenvalue weighted by Crippen LogP contribution is 2.29. The third kappa shape index (κ3) is 5.88. The molecule has 8 heteroatoms. The smallest absolute Gasteiger partial charge is 0.254 e. The number of methoxy groups -OCH3 is 4. The summed E-state index contributed by atoms with van der Waals surface area (Å²) in [6.07, 6.45) is 1.75. The van der Waals surface area contributed by atoms with Gasteiger partial charge in [0.2, 0.25) is 5.91 Å². The Kier molecular flexibility index (Phi) is 8.40. The highest BCUT2D eigenvalue weighted by molar-refractivity contribution is 5.95. The van der Waals surface area contributed by atoms with Crippen LogP contribution in [0.5, 0.6) is 23.0 Å². The van der Waals surface area contributed by atoms with Crippen LogP contribution in [-0.4, -0.2) is 76.2 Å². The fourth-order valence-corrected chi connectivity index (χ4v) is 3.97. The van der Waals surface area contributed by atoms with Gasteiger partial charge in [-0.3, -0.25) is 9.59 Å². The number of carbonyl (C=O) groups excluding carboxylic acids is 2. The number of amides is 2. The molecule has 0 saturated carbocycles. The van der Waals surface area contributed by atoms with Crippen molar-refractivity contribution in [3.63, 3.8) is 0 Å². The molecule has 1 heterocycles. The number of carbonyl (C=O) groups is 2. The molecule has 0 N–H and O–H groups in total. The molecule has 2 aromatic carbocycles. The minimum atomic E-state index is -0.0735. The molecule has 1 aliphatic heterocycles. The molecule has 0 unspecified atom stereocenters. The lowest BCUT2D eigenvalue weighted by atomic mass is 10.1. The van der Waals surface area contributed by atoms with E-state index in [1.165, 1.54) is 0 Å². The molecular weight excluding hydrogens is 424 g/mol. The van der Waals surface area contributed by atoms with Crippen molar-refractivity contribution in [3.8, 4) is 23.0 Å². The zero-order valence-electron chi connectivity index (χ0n) is 19.8. The molecule has 1 aliphatic rings. The predicted molar refractivity (Wildman–Crippen MR) is 125 cm³/mol. The Balaban J connectivity index is 1.57. The molecule has 33 heavy (non-hydrogen) atoms. The van der Waals surface area contributed by atoms with Gasteiger partial charge in [-0.1, -0.05) is 6.07 Å². The van der Waals surface area contributed by atoms with E-state index in [0.29, 0.717) is 67.6 Å². The van der Waals surface area contributed by atoms with Gasteiger partial charge in [0.15, 0.2) is 23.0 Å². The van der Waals surface area contributed by atoms with Crippen molar-refractivity contribution in [2.75, 3.05) is 54.6 Å². The van der Waals surface area contributed by atoms with Crippen molar-refractivity contribution in [1.29, 1.82) is 0 Å². The van der Waals surface area contributed by atoms with Crippen molar-refractivity contribution < 1.29 is 28.5 Å². The highest BCUT2D eigenvalue weighted by atomic mass is 16.5. The molecule has 0 bridgehead atoms. The lowest BCUT2D eigenvalue weighted by Gasteiger charge is -2.22. The third-order valence-corrected chi connectivity index (χ3v) is 5.84. The predicted octanol–water partition coefficient (Wildman–Crippen LogP) is 3.03. The second-order valence-electron chi connectivity index (χ2n) is 7.79. The van der Waals surface area contributed by atoms with Gasteiger partial charge >= 0.3 is 0 Å². The summed E-state index contributed by atoms with van der Waals surface area (Å²) in [5, 5.41) is 0. The summed E-state index contributed by atoms with van der Waals surface area (Å²) in [4.78, 5) is 29.5. The fourth-order valence-electron chi connectivity index (χ4n) is 3.97. The molecule has 0 aromatic heterocycles. The summed E-state index contributed by atoms with van der Waals surface area (Å²) in [7, 11) is 6.30. The Morgan fingerprint density at radius 1 is 0.727 bits per heavy atom. The second-order valence-corrected chi connectivity index (χ2v) is 7.79. The summed E-state index contributed by atoms with van der Waals surface area (Å²) < 4.78 is 21.2. The van der Waals surface area contributed by atoms with Crippen LogP contribution in [0.15, 0.2) is 36.4 Å². The van der Waals surface area contributed by atoms with Crippen LogP contribution >= 0.6 is 0 Å². The molecule has 0 atom stereocenters. The van der Waals surface area contributed by atoms with Gasteiger partial charge in [-0.15, -0.1) is 0 Å². The first-order valence-corrected chi connectivity index (χ1v) is 11.0. The van der Waals surface area contributed by atoms with Crippen molar-refractivity contribution in [1.82, 2.24) is 9.80 Å². The van der Waals surface area contributed by atoms with Gasteiger partial charge in [-0.05, 0) is 48.7 Å². The zero-order chi connectivity index (χ0) is 23.8. The monoisotopic (exact) mass is 456 g/mol. The Morgan fingerprint density at radius 3 is 1.97 bits per heavy atom. The SMILES string of the molecule is COc1ccc(CCC(=O)N2CCCN(C(=O)c3ccc(OC)c(OC)c3)CC2)cc1OC. The van der Waals surface area contributed by atoms with Crippen LogP contribution in [0.4, 0.5) is 0 Å². The van der Waals surface area contributed by atoms with Gasteiger partial charge in [0.25, 0.3) is 5.91 Å². The number of hydrogen-bond acceptors (Lipinski definition) is 6. The molecule has 178 valence electrons. The molecule has 2 aromatic rings. The number of rotatable bonds is 8. The maximum Gasteiger partial charge on any atom is 0.254 e. The summed E-state index contributed by atoms with van der Waals surface area (Å²) >= 11 is 0. The first kappa shape index (κ1) is 24.2. The van der Waals surface area contributed by atoms with Crippen LogP contribution in [0.3, 0.4) is 0 Å². The molecule has 0 aliphatic carbocycles. The van der Waals surface area contributed by atoms with Crippen molar-refractivity contribution >= 4 is 11.8 Å². The Morgan fingerprint density at radius 2 is 1.30 bits per heavy atom. The fraction of sp³-hybridized carbons (Fsp3) is 0.440. The van der Waals surface area contributed by atoms with Crippen LogP contribution in [0.2, 0.25) is 0 Å². The third-order valence-electron chi connectivity index (χ3n) is 5.84. The minimum absolute atomic E-state index is 0.0735. The molecule has 0 radical (unpaired) electrons. The maximum atomic E-state index is 13.0. The van der Waals surface area contributed by atoms with Crippen molar-refractivity contribution in [3.05, 3.63) is 47.5 Å². The van der Waals surface area contributed by atoms with Gasteiger partial charge < -0.3 is 28.7 Å². The number of aryl methyl sites for hydroxylation is 1. The lowest BCUT2D eigenvalue weighted by Crippen LogP contribution is -2.37. The van der Waals surface area contributed by atoms with E-state index in [1.807, 2.05) is 23.1 Å². The average Bonchev–Trinajstić information content (AvgIpc) is 3.12. The standard InChI is InChI=1S/C25H32N2O6/c1-30-20-9-6-18(16-22(20)32-3)7-11-24(28)26-12-5-13-27(15-14-26)25(29)19-8-10-21(31-2)23(17-19)33-4/h6,8-10,16-17H,5,7,11-15H2,1-4H3. The Bertz CT molecular complexity index is 977. The largest absolute Gasteiger partial charge is 0.493 e. The van der Waals surface area contributed by atoms with Crippen LogP contribution in [0.1, 0.15) is 28.8 Å². The van der Waals surface area contributed by atoms with E-state index in [2.05, 4.69) is 0 Å². The van der Waals surface area contributed by atoms with Crippen LogP contribution in [-0.2, 0) is 11.2 Å². The van der Waals surface area contributed by atoms with Gasteiger partial charge in [0.1, 0.15) is 0 Å². The summed E-state index contributed by atoms with van der Waals surface area (Å²) in [6.45, 7) is 2.26. The molecule has 1 fully saturated rings. The van der Waals surface area contributed by atoms with Crippen LogP contribution < -0.4 is 18.9 Å². The summed E-state index contributed by atoms with van der Waals surface area (Å²) in [5.41, 5.74) is 1.56. The minimum Gasteiger partial charge on any atom is -0.493 e. The highest BCUT2D eigenvalue weighted by Gasteiger charge is 2.23. The first-order valence-electron chi connectivity index (χ1n) is 11.0.